The Balaban J connectivity index is 1.42. The summed E-state index contributed by atoms with van der Waals surface area (Å²) >= 11 is 5.93. The SMILES string of the molecule is CN(C)c1ccc(NC(=O)N2CCN(CCc3ccc(Cl)cc3)CC2)cc1. The Morgan fingerprint density at radius 1 is 1.00 bits per heavy atom. The second-order valence-corrected chi connectivity index (χ2v) is 7.51. The molecular formula is C21H27ClN4O. The van der Waals surface area contributed by atoms with E-state index in [-0.39, 0.29) is 6.03 Å². The molecule has 1 fully saturated rings. The lowest BCUT2D eigenvalue weighted by atomic mass is 10.1. The zero-order valence-electron chi connectivity index (χ0n) is 16.0. The standard InChI is InChI=1S/C21H27ClN4O/c1-24(2)20-9-7-19(8-10-20)23-21(27)26-15-13-25(14-16-26)12-11-17-3-5-18(22)6-4-17/h3-10H,11-16H2,1-2H3,(H,23,27). The number of halogens is 1. The number of hydrogen-bond donors (Lipinski definition) is 1. The quantitative estimate of drug-likeness (QED) is 0.849. The first kappa shape index (κ1) is 19.5. The molecule has 1 aliphatic heterocycles. The van der Waals surface area contributed by atoms with Crippen molar-refractivity contribution >= 4 is 29.0 Å². The molecule has 0 aliphatic carbocycles. The molecule has 0 aromatic heterocycles. The molecule has 5 nitrogen and oxygen atoms in total. The van der Waals surface area contributed by atoms with Gasteiger partial charge in [0.15, 0.2) is 0 Å². The van der Waals surface area contributed by atoms with Crippen LogP contribution in [-0.2, 0) is 6.42 Å². The van der Waals surface area contributed by atoms with Crippen LogP contribution < -0.4 is 10.2 Å². The van der Waals surface area contributed by atoms with Crippen LogP contribution in [-0.4, -0.2) is 62.7 Å². The fourth-order valence-electron chi connectivity index (χ4n) is 3.16. The number of piperazine rings is 1. The topological polar surface area (TPSA) is 38.8 Å². The van der Waals surface area contributed by atoms with Crippen LogP contribution in [0.2, 0.25) is 5.02 Å². The Kier molecular flexibility index (Phi) is 6.58. The zero-order chi connectivity index (χ0) is 19.2. The molecule has 0 radical (unpaired) electrons. The van der Waals surface area contributed by atoms with Crippen molar-refractivity contribution in [2.75, 3.05) is 57.0 Å². The molecule has 0 saturated carbocycles. The Morgan fingerprint density at radius 3 is 2.22 bits per heavy atom. The third kappa shape index (κ3) is 5.62. The van der Waals surface area contributed by atoms with Gasteiger partial charge in [0, 0.05) is 63.2 Å². The molecule has 1 N–H and O–H groups in total. The molecule has 1 saturated heterocycles. The van der Waals surface area contributed by atoms with Crippen molar-refractivity contribution in [2.45, 2.75) is 6.42 Å². The van der Waals surface area contributed by atoms with Gasteiger partial charge in [0.25, 0.3) is 0 Å². The Labute approximate surface area is 166 Å². The van der Waals surface area contributed by atoms with E-state index in [1.807, 2.05) is 60.3 Å². The lowest BCUT2D eigenvalue weighted by molar-refractivity contribution is 0.148. The molecule has 0 atom stereocenters. The normalized spacial score (nSPS) is 14.9. The monoisotopic (exact) mass is 386 g/mol. The summed E-state index contributed by atoms with van der Waals surface area (Å²) in [6, 6.07) is 15.9. The van der Waals surface area contributed by atoms with Gasteiger partial charge in [0.2, 0.25) is 0 Å². The minimum absolute atomic E-state index is 0.0232. The van der Waals surface area contributed by atoms with Crippen molar-refractivity contribution in [3.05, 3.63) is 59.1 Å². The van der Waals surface area contributed by atoms with E-state index in [9.17, 15) is 4.79 Å². The number of benzene rings is 2. The molecule has 27 heavy (non-hydrogen) atoms. The van der Waals surface area contributed by atoms with E-state index in [1.54, 1.807) is 0 Å². The van der Waals surface area contributed by atoms with E-state index in [2.05, 4.69) is 22.3 Å². The molecule has 0 spiro atoms. The van der Waals surface area contributed by atoms with Crippen molar-refractivity contribution in [1.29, 1.82) is 0 Å². The van der Waals surface area contributed by atoms with Gasteiger partial charge in [0.1, 0.15) is 0 Å². The third-order valence-corrected chi connectivity index (χ3v) is 5.18. The van der Waals surface area contributed by atoms with Crippen LogP contribution in [0.5, 0.6) is 0 Å². The van der Waals surface area contributed by atoms with E-state index in [0.717, 1.165) is 55.5 Å². The highest BCUT2D eigenvalue weighted by atomic mass is 35.5. The maximum atomic E-state index is 12.5. The molecule has 2 aromatic rings. The third-order valence-electron chi connectivity index (χ3n) is 4.92. The smallest absolute Gasteiger partial charge is 0.321 e. The Bertz CT molecular complexity index is 738. The second-order valence-electron chi connectivity index (χ2n) is 7.08. The van der Waals surface area contributed by atoms with E-state index in [1.165, 1.54) is 5.56 Å². The van der Waals surface area contributed by atoms with Gasteiger partial charge in [-0.25, -0.2) is 4.79 Å². The van der Waals surface area contributed by atoms with Crippen molar-refractivity contribution in [2.24, 2.45) is 0 Å². The maximum Gasteiger partial charge on any atom is 0.321 e. The van der Waals surface area contributed by atoms with Crippen LogP contribution in [0.3, 0.4) is 0 Å². The largest absolute Gasteiger partial charge is 0.378 e. The predicted molar refractivity (Wildman–Crippen MR) is 113 cm³/mol. The summed E-state index contributed by atoms with van der Waals surface area (Å²) in [7, 11) is 4.00. The lowest BCUT2D eigenvalue weighted by Crippen LogP contribution is -2.50. The minimum Gasteiger partial charge on any atom is -0.378 e. The Hall–Kier alpha value is -2.24. The molecule has 3 rings (SSSR count). The summed E-state index contributed by atoms with van der Waals surface area (Å²) in [4.78, 5) is 18.8. The van der Waals surface area contributed by atoms with Crippen LogP contribution in [0, 0.1) is 0 Å². The highest BCUT2D eigenvalue weighted by Crippen LogP contribution is 2.16. The van der Waals surface area contributed by atoms with E-state index in [0.29, 0.717) is 0 Å². The number of hydrogen-bond acceptors (Lipinski definition) is 3. The van der Waals surface area contributed by atoms with Gasteiger partial charge in [-0.15, -0.1) is 0 Å². The van der Waals surface area contributed by atoms with Crippen LogP contribution in [0.4, 0.5) is 16.2 Å². The summed E-state index contributed by atoms with van der Waals surface area (Å²) in [6.07, 6.45) is 1.00. The molecule has 1 aliphatic rings. The number of urea groups is 1. The van der Waals surface area contributed by atoms with Crippen LogP contribution in [0.25, 0.3) is 0 Å². The van der Waals surface area contributed by atoms with Gasteiger partial charge in [-0.2, -0.15) is 0 Å². The first-order valence-corrected chi connectivity index (χ1v) is 9.69. The van der Waals surface area contributed by atoms with E-state index < -0.39 is 0 Å². The maximum absolute atomic E-state index is 12.5. The molecule has 0 unspecified atom stereocenters. The first-order valence-electron chi connectivity index (χ1n) is 9.31. The van der Waals surface area contributed by atoms with Gasteiger partial charge in [0.05, 0.1) is 0 Å². The average Bonchev–Trinajstić information content (AvgIpc) is 2.68. The van der Waals surface area contributed by atoms with Crippen molar-refractivity contribution in [3.63, 3.8) is 0 Å². The number of carbonyl (C=O) groups excluding carboxylic acids is 1. The fraction of sp³-hybridized carbons (Fsp3) is 0.381. The molecule has 6 heteroatoms. The summed E-state index contributed by atoms with van der Waals surface area (Å²) in [5, 5.41) is 3.77. The summed E-state index contributed by atoms with van der Waals surface area (Å²) in [6.45, 7) is 4.31. The molecular weight excluding hydrogens is 360 g/mol. The van der Waals surface area contributed by atoms with Gasteiger partial charge in [-0.1, -0.05) is 23.7 Å². The van der Waals surface area contributed by atoms with Gasteiger partial charge < -0.3 is 15.1 Å². The summed E-state index contributed by atoms with van der Waals surface area (Å²) in [5.74, 6) is 0. The van der Waals surface area contributed by atoms with Crippen molar-refractivity contribution in [3.8, 4) is 0 Å². The minimum atomic E-state index is -0.0232. The number of rotatable bonds is 5. The van der Waals surface area contributed by atoms with Gasteiger partial charge in [-0.3, -0.25) is 4.90 Å². The summed E-state index contributed by atoms with van der Waals surface area (Å²) in [5.41, 5.74) is 3.24. The molecule has 1 heterocycles. The molecule has 2 aromatic carbocycles. The molecule has 0 bridgehead atoms. The van der Waals surface area contributed by atoms with Crippen molar-refractivity contribution < 1.29 is 4.79 Å². The fourth-order valence-corrected chi connectivity index (χ4v) is 3.28. The van der Waals surface area contributed by atoms with E-state index >= 15 is 0 Å². The van der Waals surface area contributed by atoms with Crippen LogP contribution in [0.1, 0.15) is 5.56 Å². The van der Waals surface area contributed by atoms with Gasteiger partial charge in [-0.05, 0) is 48.4 Å². The van der Waals surface area contributed by atoms with Crippen LogP contribution in [0.15, 0.2) is 48.5 Å². The Morgan fingerprint density at radius 2 is 1.63 bits per heavy atom. The zero-order valence-corrected chi connectivity index (χ0v) is 16.7. The number of nitrogens with zero attached hydrogens (tertiary/aromatic N) is 3. The van der Waals surface area contributed by atoms with E-state index in [4.69, 9.17) is 11.6 Å². The molecule has 144 valence electrons. The lowest BCUT2D eigenvalue weighted by Gasteiger charge is -2.34. The number of carbonyl (C=O) groups is 1. The van der Waals surface area contributed by atoms with Gasteiger partial charge >= 0.3 is 6.03 Å². The number of amides is 2. The number of anilines is 2. The predicted octanol–water partition coefficient (Wildman–Crippen LogP) is 3.80. The first-order chi connectivity index (χ1) is 13.0. The second kappa shape index (κ2) is 9.11. The number of nitrogens with one attached hydrogen (secondary N) is 1. The highest BCUT2D eigenvalue weighted by Gasteiger charge is 2.20. The summed E-state index contributed by atoms with van der Waals surface area (Å²) < 4.78 is 0. The average molecular weight is 387 g/mol. The van der Waals surface area contributed by atoms with Crippen molar-refractivity contribution in [1.82, 2.24) is 9.80 Å². The van der Waals surface area contributed by atoms with Crippen LogP contribution >= 0.6 is 11.6 Å². The highest BCUT2D eigenvalue weighted by molar-refractivity contribution is 6.30. The molecule has 2 amide bonds.